The van der Waals surface area contributed by atoms with E-state index in [0.29, 0.717) is 23.7 Å². The van der Waals surface area contributed by atoms with Crippen LogP contribution in [0.15, 0.2) is 71.6 Å². The van der Waals surface area contributed by atoms with Gasteiger partial charge in [0, 0.05) is 19.1 Å². The highest BCUT2D eigenvalue weighted by Crippen LogP contribution is 2.26. The molecule has 0 bridgehead atoms. The lowest BCUT2D eigenvalue weighted by Gasteiger charge is -2.17. The maximum atomic E-state index is 12.7. The van der Waals surface area contributed by atoms with Gasteiger partial charge in [-0.25, -0.2) is 13.1 Å². The molecule has 0 radical (unpaired) electrons. The van der Waals surface area contributed by atoms with Gasteiger partial charge in [-0.1, -0.05) is 47.5 Å². The van der Waals surface area contributed by atoms with Crippen LogP contribution in [0.25, 0.3) is 11.1 Å². The van der Waals surface area contributed by atoms with E-state index < -0.39 is 10.0 Å². The molecule has 1 saturated heterocycles. The Kier molecular flexibility index (Phi) is 8.32. The highest BCUT2D eigenvalue weighted by molar-refractivity contribution is 7.89. The van der Waals surface area contributed by atoms with Crippen LogP contribution in [0.3, 0.4) is 0 Å². The lowest BCUT2D eigenvalue weighted by molar-refractivity contribution is 0.261. The lowest BCUT2D eigenvalue weighted by atomic mass is 10.0. The summed E-state index contributed by atoms with van der Waals surface area (Å²) >= 11 is 11.9. The largest absolute Gasteiger partial charge is 0.494 e. The van der Waals surface area contributed by atoms with Crippen LogP contribution in [0.1, 0.15) is 18.4 Å². The number of halogens is 2. The van der Waals surface area contributed by atoms with Gasteiger partial charge < -0.3 is 9.64 Å². The zero-order chi connectivity index (χ0) is 24.8. The number of hydrogen-bond donors (Lipinski definition) is 1. The molecule has 1 aliphatic rings. The highest BCUT2D eigenvalue weighted by Gasteiger charge is 2.27. The van der Waals surface area contributed by atoms with Crippen molar-refractivity contribution in [2.24, 2.45) is 0 Å². The van der Waals surface area contributed by atoms with Gasteiger partial charge in [0.15, 0.2) is 0 Å². The van der Waals surface area contributed by atoms with E-state index in [2.05, 4.69) is 15.7 Å². The minimum absolute atomic E-state index is 0.115. The van der Waals surface area contributed by atoms with Crippen LogP contribution in [0.2, 0.25) is 10.0 Å². The van der Waals surface area contributed by atoms with Gasteiger partial charge in [0.2, 0.25) is 10.0 Å². The third kappa shape index (κ3) is 6.75. The smallest absolute Gasteiger partial charge is 0.240 e. The van der Waals surface area contributed by atoms with Gasteiger partial charge >= 0.3 is 0 Å². The summed E-state index contributed by atoms with van der Waals surface area (Å²) in [4.78, 5) is 2.35. The van der Waals surface area contributed by atoms with Crippen molar-refractivity contribution in [2.45, 2.75) is 23.8 Å². The van der Waals surface area contributed by atoms with E-state index in [4.69, 9.17) is 33.2 Å². The monoisotopic (exact) mass is 529 g/mol. The van der Waals surface area contributed by atoms with Crippen LogP contribution in [-0.4, -0.2) is 45.6 Å². The fourth-order valence-corrected chi connectivity index (χ4v) is 5.67. The van der Waals surface area contributed by atoms with E-state index in [-0.39, 0.29) is 16.0 Å². The van der Waals surface area contributed by atoms with Gasteiger partial charge in [-0.2, -0.15) is 5.26 Å². The van der Waals surface area contributed by atoms with Crippen LogP contribution >= 0.6 is 23.2 Å². The van der Waals surface area contributed by atoms with Crippen LogP contribution in [0.5, 0.6) is 5.75 Å². The Morgan fingerprint density at radius 3 is 2.34 bits per heavy atom. The number of hydrogen-bond acceptors (Lipinski definition) is 5. The second-order valence-electron chi connectivity index (χ2n) is 8.40. The van der Waals surface area contributed by atoms with Crippen LogP contribution < -0.4 is 9.46 Å². The molecule has 9 heteroatoms. The predicted molar refractivity (Wildman–Crippen MR) is 138 cm³/mol. The normalized spacial score (nSPS) is 16.2. The molecule has 1 N–H and O–H groups in total. The number of nitrogens with one attached hydrogen (secondary N) is 1. The van der Waals surface area contributed by atoms with Crippen molar-refractivity contribution in [3.63, 3.8) is 0 Å². The van der Waals surface area contributed by atoms with Crippen LogP contribution in [0.4, 0.5) is 0 Å². The SMILES string of the molecule is N#Cc1ccc(-c2ccc(OCCCN3CCC(NS(=O)(=O)c4ccc(Cl)c(Cl)c4)C3)cc2)cc1. The average molecular weight is 530 g/mol. The summed E-state index contributed by atoms with van der Waals surface area (Å²) in [5.41, 5.74) is 2.75. The number of sulfonamides is 1. The summed E-state index contributed by atoms with van der Waals surface area (Å²) in [5.74, 6) is 0.802. The molecular formula is C26H25Cl2N3O3S. The lowest BCUT2D eigenvalue weighted by Crippen LogP contribution is -2.37. The third-order valence-electron chi connectivity index (χ3n) is 5.88. The number of nitriles is 1. The van der Waals surface area contributed by atoms with E-state index in [1.807, 2.05) is 36.4 Å². The van der Waals surface area contributed by atoms with E-state index in [0.717, 1.165) is 42.8 Å². The van der Waals surface area contributed by atoms with Crippen molar-refractivity contribution < 1.29 is 13.2 Å². The predicted octanol–water partition coefficient (Wildman–Crippen LogP) is 5.35. The van der Waals surface area contributed by atoms with Crippen molar-refractivity contribution in [2.75, 3.05) is 26.2 Å². The van der Waals surface area contributed by atoms with Crippen LogP contribution in [-0.2, 0) is 10.0 Å². The zero-order valence-corrected chi connectivity index (χ0v) is 21.3. The Labute approximate surface area is 216 Å². The first-order chi connectivity index (χ1) is 16.8. The number of benzene rings is 3. The second kappa shape index (κ2) is 11.4. The minimum Gasteiger partial charge on any atom is -0.494 e. The Balaban J connectivity index is 1.20. The molecule has 0 amide bonds. The van der Waals surface area contributed by atoms with E-state index in [1.54, 1.807) is 12.1 Å². The molecule has 182 valence electrons. The molecular weight excluding hydrogens is 505 g/mol. The summed E-state index contributed by atoms with van der Waals surface area (Å²) in [6.45, 7) is 2.88. The maximum absolute atomic E-state index is 12.7. The molecule has 3 aromatic rings. The van der Waals surface area contributed by atoms with Gasteiger partial charge in [-0.05, 0) is 73.0 Å². The first-order valence-electron chi connectivity index (χ1n) is 11.3. The number of ether oxygens (including phenoxy) is 1. The Morgan fingerprint density at radius 2 is 1.69 bits per heavy atom. The first kappa shape index (κ1) is 25.5. The van der Waals surface area contributed by atoms with Crippen molar-refractivity contribution in [1.29, 1.82) is 5.26 Å². The number of rotatable bonds is 9. The minimum atomic E-state index is -3.65. The molecule has 0 aliphatic carbocycles. The molecule has 0 aromatic heterocycles. The molecule has 1 fully saturated rings. The van der Waals surface area contributed by atoms with E-state index in [9.17, 15) is 8.42 Å². The number of likely N-dealkylation sites (tertiary alicyclic amines) is 1. The van der Waals surface area contributed by atoms with Gasteiger partial charge in [0.25, 0.3) is 0 Å². The third-order valence-corrected chi connectivity index (χ3v) is 8.14. The Bertz CT molecular complexity index is 1310. The van der Waals surface area contributed by atoms with Crippen molar-refractivity contribution in [3.05, 3.63) is 82.3 Å². The Morgan fingerprint density at radius 1 is 1.00 bits per heavy atom. The topological polar surface area (TPSA) is 82.4 Å². The first-order valence-corrected chi connectivity index (χ1v) is 13.5. The molecule has 1 unspecified atom stereocenters. The standard InChI is InChI=1S/C26H25Cl2N3O3S/c27-25-11-10-24(16-26(25)28)35(32,33)30-22-12-14-31(18-22)13-1-15-34-23-8-6-21(7-9-23)20-4-2-19(17-29)3-5-20/h2-11,16,22,30H,1,12-15,18H2. The zero-order valence-electron chi connectivity index (χ0n) is 19.0. The Hall–Kier alpha value is -2.60. The van der Waals surface area contributed by atoms with Crippen LogP contribution in [0, 0.1) is 11.3 Å². The summed E-state index contributed by atoms with van der Waals surface area (Å²) < 4.78 is 34.0. The number of nitrogens with zero attached hydrogens (tertiary/aromatic N) is 2. The summed E-state index contributed by atoms with van der Waals surface area (Å²) in [7, 11) is -3.65. The molecule has 6 nitrogen and oxygen atoms in total. The summed E-state index contributed by atoms with van der Waals surface area (Å²) in [6.07, 6.45) is 1.59. The summed E-state index contributed by atoms with van der Waals surface area (Å²) in [5, 5.41) is 9.46. The quantitative estimate of drug-likeness (QED) is 0.377. The van der Waals surface area contributed by atoms with Crippen molar-refractivity contribution in [1.82, 2.24) is 9.62 Å². The van der Waals surface area contributed by atoms with Gasteiger partial charge in [0.05, 0.1) is 33.2 Å². The molecule has 1 heterocycles. The van der Waals surface area contributed by atoms with Crippen molar-refractivity contribution >= 4 is 33.2 Å². The molecule has 35 heavy (non-hydrogen) atoms. The van der Waals surface area contributed by atoms with E-state index in [1.165, 1.54) is 18.2 Å². The molecule has 0 saturated carbocycles. The molecule has 0 spiro atoms. The van der Waals surface area contributed by atoms with Crippen molar-refractivity contribution in [3.8, 4) is 22.9 Å². The molecule has 1 aliphatic heterocycles. The molecule has 4 rings (SSSR count). The second-order valence-corrected chi connectivity index (χ2v) is 10.9. The fourth-order valence-electron chi connectivity index (χ4n) is 4.02. The maximum Gasteiger partial charge on any atom is 0.240 e. The fraction of sp³-hybridized carbons (Fsp3) is 0.269. The van der Waals surface area contributed by atoms with E-state index >= 15 is 0 Å². The van der Waals surface area contributed by atoms with Gasteiger partial charge in [-0.15, -0.1) is 0 Å². The summed E-state index contributed by atoms with van der Waals surface area (Å²) in [6, 6.07) is 21.7. The van der Waals surface area contributed by atoms with Gasteiger partial charge in [-0.3, -0.25) is 0 Å². The molecule has 1 atom stereocenters. The highest BCUT2D eigenvalue weighted by atomic mass is 35.5. The molecule has 3 aromatic carbocycles. The van der Waals surface area contributed by atoms with Gasteiger partial charge in [0.1, 0.15) is 5.75 Å². The average Bonchev–Trinajstić information content (AvgIpc) is 3.30.